The molecule has 2 bridgehead atoms. The van der Waals surface area contributed by atoms with E-state index in [0.717, 1.165) is 18.0 Å². The summed E-state index contributed by atoms with van der Waals surface area (Å²) in [6.07, 6.45) is 5.58. The molecule has 0 amide bonds. The van der Waals surface area contributed by atoms with Crippen LogP contribution in [-0.4, -0.2) is 24.0 Å². The van der Waals surface area contributed by atoms with Crippen molar-refractivity contribution in [3.63, 3.8) is 0 Å². The summed E-state index contributed by atoms with van der Waals surface area (Å²) in [5.41, 5.74) is 2.94. The lowest BCUT2D eigenvalue weighted by Gasteiger charge is -2.36. The summed E-state index contributed by atoms with van der Waals surface area (Å²) in [6, 6.07) is 10.9. The van der Waals surface area contributed by atoms with E-state index in [1.54, 1.807) is 5.56 Å². The molecule has 0 aromatic heterocycles. The molecule has 2 heterocycles. The van der Waals surface area contributed by atoms with Crippen LogP contribution < -0.4 is 0 Å². The summed E-state index contributed by atoms with van der Waals surface area (Å²) in [5.74, 6) is 0.814. The monoisotopic (exact) mass is 215 g/mol. The van der Waals surface area contributed by atoms with Gasteiger partial charge in [0, 0.05) is 12.1 Å². The van der Waals surface area contributed by atoms with Crippen LogP contribution in [0.4, 0.5) is 0 Å². The molecule has 2 aliphatic rings. The molecular weight excluding hydrogens is 194 g/mol. The molecule has 1 aromatic carbocycles. The molecule has 3 rings (SSSR count). The molecule has 2 fully saturated rings. The Bertz CT molecular complexity index is 354. The van der Waals surface area contributed by atoms with E-state index in [9.17, 15) is 0 Å². The fourth-order valence-electron chi connectivity index (χ4n) is 3.52. The van der Waals surface area contributed by atoms with Crippen LogP contribution >= 0.6 is 0 Å². The number of fused-ring (bicyclic) bond motifs is 2. The first kappa shape index (κ1) is 10.3. The molecule has 0 aliphatic carbocycles. The second-order valence-corrected chi connectivity index (χ2v) is 5.63. The van der Waals surface area contributed by atoms with Crippen molar-refractivity contribution in [1.29, 1.82) is 0 Å². The zero-order valence-electron chi connectivity index (χ0n) is 10.3. The van der Waals surface area contributed by atoms with Crippen molar-refractivity contribution >= 4 is 0 Å². The van der Waals surface area contributed by atoms with Crippen LogP contribution in [0, 0.1) is 6.92 Å². The number of benzene rings is 1. The van der Waals surface area contributed by atoms with E-state index >= 15 is 0 Å². The predicted octanol–water partition coefficient (Wildman–Crippen LogP) is 3.34. The molecule has 16 heavy (non-hydrogen) atoms. The molecule has 1 nitrogen and oxygen atoms in total. The van der Waals surface area contributed by atoms with Gasteiger partial charge in [0.2, 0.25) is 0 Å². The number of rotatable bonds is 1. The van der Waals surface area contributed by atoms with Crippen LogP contribution in [0.1, 0.15) is 42.7 Å². The summed E-state index contributed by atoms with van der Waals surface area (Å²) in [7, 11) is 2.31. The van der Waals surface area contributed by atoms with Crippen LogP contribution in [0.2, 0.25) is 0 Å². The third kappa shape index (κ3) is 1.67. The Morgan fingerprint density at radius 3 is 2.12 bits per heavy atom. The maximum atomic E-state index is 2.62. The molecular formula is C15H21N. The summed E-state index contributed by atoms with van der Waals surface area (Å²) >= 11 is 0. The van der Waals surface area contributed by atoms with E-state index in [2.05, 4.69) is 43.1 Å². The Hall–Kier alpha value is -0.820. The second-order valence-electron chi connectivity index (χ2n) is 5.63. The van der Waals surface area contributed by atoms with Gasteiger partial charge in [0.1, 0.15) is 0 Å². The van der Waals surface area contributed by atoms with Gasteiger partial charge in [0.15, 0.2) is 0 Å². The molecule has 2 aliphatic heterocycles. The normalized spacial score (nSPS) is 34.2. The van der Waals surface area contributed by atoms with E-state index in [1.807, 2.05) is 0 Å². The van der Waals surface area contributed by atoms with E-state index in [1.165, 1.54) is 31.2 Å². The van der Waals surface area contributed by atoms with Gasteiger partial charge in [-0.05, 0) is 51.1 Å². The SMILES string of the molecule is Cc1ccc(C2C[C@H]3CC[C@@H](C2)N3C)cc1. The van der Waals surface area contributed by atoms with E-state index < -0.39 is 0 Å². The number of hydrogen-bond acceptors (Lipinski definition) is 1. The Morgan fingerprint density at radius 2 is 1.56 bits per heavy atom. The number of piperidine rings is 1. The predicted molar refractivity (Wildman–Crippen MR) is 67.7 cm³/mol. The van der Waals surface area contributed by atoms with E-state index in [-0.39, 0.29) is 0 Å². The first-order valence-electron chi connectivity index (χ1n) is 6.52. The highest BCUT2D eigenvalue weighted by Crippen LogP contribution is 2.41. The number of nitrogens with zero attached hydrogens (tertiary/aromatic N) is 1. The van der Waals surface area contributed by atoms with Gasteiger partial charge in [-0.3, -0.25) is 0 Å². The standard InChI is InChI=1S/C15H21N/c1-11-3-5-12(6-4-11)13-9-14-7-8-15(10-13)16(14)2/h3-6,13-15H,7-10H2,1-2H3/t13?,14-,15+. The average molecular weight is 215 g/mol. The van der Waals surface area contributed by atoms with Gasteiger partial charge < -0.3 is 4.90 Å². The Balaban J connectivity index is 1.80. The smallest absolute Gasteiger partial charge is 0.0102 e. The second kappa shape index (κ2) is 3.89. The van der Waals surface area contributed by atoms with Crippen LogP contribution in [0.15, 0.2) is 24.3 Å². The molecule has 1 heteroatoms. The van der Waals surface area contributed by atoms with Gasteiger partial charge in [-0.1, -0.05) is 29.8 Å². The highest BCUT2D eigenvalue weighted by atomic mass is 15.2. The van der Waals surface area contributed by atoms with Crippen molar-refractivity contribution in [3.05, 3.63) is 35.4 Å². The largest absolute Gasteiger partial charge is 0.300 e. The van der Waals surface area contributed by atoms with Gasteiger partial charge in [-0.2, -0.15) is 0 Å². The molecule has 3 atom stereocenters. The van der Waals surface area contributed by atoms with Gasteiger partial charge in [0.05, 0.1) is 0 Å². The summed E-state index contributed by atoms with van der Waals surface area (Å²) in [6.45, 7) is 2.17. The molecule has 86 valence electrons. The molecule has 0 spiro atoms. The van der Waals surface area contributed by atoms with Crippen molar-refractivity contribution in [2.45, 2.75) is 50.6 Å². The number of hydrogen-bond donors (Lipinski definition) is 0. The van der Waals surface area contributed by atoms with Crippen molar-refractivity contribution in [1.82, 2.24) is 4.90 Å². The van der Waals surface area contributed by atoms with Gasteiger partial charge >= 0.3 is 0 Å². The van der Waals surface area contributed by atoms with Gasteiger partial charge in [-0.25, -0.2) is 0 Å². The fraction of sp³-hybridized carbons (Fsp3) is 0.600. The maximum Gasteiger partial charge on any atom is 0.0102 e. The van der Waals surface area contributed by atoms with Gasteiger partial charge in [0.25, 0.3) is 0 Å². The third-order valence-electron chi connectivity index (χ3n) is 4.65. The zero-order chi connectivity index (χ0) is 11.1. The lowest BCUT2D eigenvalue weighted by Crippen LogP contribution is -2.39. The highest BCUT2D eigenvalue weighted by molar-refractivity contribution is 5.26. The van der Waals surface area contributed by atoms with Gasteiger partial charge in [-0.15, -0.1) is 0 Å². The molecule has 1 aromatic rings. The van der Waals surface area contributed by atoms with Crippen molar-refractivity contribution in [3.8, 4) is 0 Å². The molecule has 2 saturated heterocycles. The molecule has 0 N–H and O–H groups in total. The minimum atomic E-state index is 0.814. The molecule has 0 radical (unpaired) electrons. The first-order chi connectivity index (χ1) is 7.74. The summed E-state index contributed by atoms with van der Waals surface area (Å²) < 4.78 is 0. The maximum absolute atomic E-state index is 2.62. The first-order valence-corrected chi connectivity index (χ1v) is 6.52. The number of aryl methyl sites for hydroxylation is 1. The Morgan fingerprint density at radius 1 is 1.00 bits per heavy atom. The minimum Gasteiger partial charge on any atom is -0.300 e. The Kier molecular flexibility index (Phi) is 2.51. The van der Waals surface area contributed by atoms with E-state index in [4.69, 9.17) is 0 Å². The Labute approximate surface area is 98.5 Å². The zero-order valence-corrected chi connectivity index (χ0v) is 10.3. The van der Waals surface area contributed by atoms with Crippen LogP contribution in [0.25, 0.3) is 0 Å². The van der Waals surface area contributed by atoms with E-state index in [0.29, 0.717) is 0 Å². The van der Waals surface area contributed by atoms with Crippen molar-refractivity contribution in [2.75, 3.05) is 7.05 Å². The van der Waals surface area contributed by atoms with Crippen molar-refractivity contribution in [2.24, 2.45) is 0 Å². The lowest BCUT2D eigenvalue weighted by atomic mass is 9.85. The quantitative estimate of drug-likeness (QED) is 0.694. The molecule has 1 unspecified atom stereocenters. The third-order valence-corrected chi connectivity index (χ3v) is 4.65. The lowest BCUT2D eigenvalue weighted by molar-refractivity contribution is 0.161. The topological polar surface area (TPSA) is 3.24 Å². The molecule has 0 saturated carbocycles. The van der Waals surface area contributed by atoms with Crippen LogP contribution in [0.5, 0.6) is 0 Å². The fourth-order valence-corrected chi connectivity index (χ4v) is 3.52. The van der Waals surface area contributed by atoms with Crippen LogP contribution in [0.3, 0.4) is 0 Å². The summed E-state index contributed by atoms with van der Waals surface area (Å²) in [5, 5.41) is 0. The van der Waals surface area contributed by atoms with Crippen molar-refractivity contribution < 1.29 is 0 Å². The summed E-state index contributed by atoms with van der Waals surface area (Å²) in [4.78, 5) is 2.62. The average Bonchev–Trinajstić information content (AvgIpc) is 2.54. The highest BCUT2D eigenvalue weighted by Gasteiger charge is 2.38. The minimum absolute atomic E-state index is 0.814. The van der Waals surface area contributed by atoms with Crippen LogP contribution in [-0.2, 0) is 0 Å².